The fourth-order valence-corrected chi connectivity index (χ4v) is 4.31. The van der Waals surface area contributed by atoms with Gasteiger partial charge in [0.2, 0.25) is 5.91 Å². The summed E-state index contributed by atoms with van der Waals surface area (Å²) in [6.45, 7) is 2.18. The van der Waals surface area contributed by atoms with E-state index in [0.29, 0.717) is 31.4 Å². The van der Waals surface area contributed by atoms with Gasteiger partial charge in [-0.3, -0.25) is 9.59 Å². The Bertz CT molecular complexity index is 1350. The molecule has 8 heteroatoms. The van der Waals surface area contributed by atoms with Crippen molar-refractivity contribution in [2.24, 2.45) is 10.9 Å². The fraction of sp³-hybridized carbons (Fsp3) is 0.241. The Morgan fingerprint density at radius 1 is 1.03 bits per heavy atom. The zero-order chi connectivity index (χ0) is 26.2. The predicted molar refractivity (Wildman–Crippen MR) is 145 cm³/mol. The molecule has 0 spiro atoms. The van der Waals surface area contributed by atoms with Crippen LogP contribution in [0.5, 0.6) is 0 Å². The molecule has 1 saturated heterocycles. The average molecular weight is 498 g/mol. The van der Waals surface area contributed by atoms with Crippen molar-refractivity contribution < 1.29 is 14.4 Å². The van der Waals surface area contributed by atoms with E-state index < -0.39 is 0 Å². The summed E-state index contributed by atoms with van der Waals surface area (Å²) >= 11 is 0. The molecule has 5 rings (SSSR count). The van der Waals surface area contributed by atoms with Gasteiger partial charge in [0.05, 0.1) is 23.3 Å². The van der Waals surface area contributed by atoms with Crippen LogP contribution < -0.4 is 5.73 Å². The molecule has 37 heavy (non-hydrogen) atoms. The highest BCUT2D eigenvalue weighted by molar-refractivity contribution is 6.00. The Labute approximate surface area is 216 Å². The van der Waals surface area contributed by atoms with Gasteiger partial charge < -0.3 is 20.5 Å². The predicted octanol–water partition coefficient (Wildman–Crippen LogP) is 4.57. The zero-order valence-electron chi connectivity index (χ0n) is 21.1. The van der Waals surface area contributed by atoms with Crippen LogP contribution in [0.15, 0.2) is 84.0 Å². The van der Waals surface area contributed by atoms with Crippen LogP contribution in [0.2, 0.25) is 0 Å². The molecule has 1 atom stereocenters. The highest BCUT2D eigenvalue weighted by atomic mass is 16.6. The number of nitrogens with two attached hydrogens (primary N) is 1. The number of rotatable bonds is 6. The van der Waals surface area contributed by atoms with E-state index in [-0.39, 0.29) is 17.9 Å². The monoisotopic (exact) mass is 497 g/mol. The zero-order valence-corrected chi connectivity index (χ0v) is 21.1. The third kappa shape index (κ3) is 6.41. The quantitative estimate of drug-likeness (QED) is 0.380. The lowest BCUT2D eigenvalue weighted by Crippen LogP contribution is -2.37. The number of likely N-dealkylation sites (tertiary alicyclic amines) is 1. The first-order valence-electron chi connectivity index (χ1n) is 12.3. The van der Waals surface area contributed by atoms with Crippen LogP contribution in [-0.2, 0) is 16.1 Å². The topological polar surface area (TPSA) is 114 Å². The third-order valence-corrected chi connectivity index (χ3v) is 6.20. The van der Waals surface area contributed by atoms with Gasteiger partial charge in [0.1, 0.15) is 12.9 Å². The summed E-state index contributed by atoms with van der Waals surface area (Å²) in [5.41, 5.74) is 10.3. The van der Waals surface area contributed by atoms with Crippen molar-refractivity contribution in [1.29, 1.82) is 0 Å². The summed E-state index contributed by atoms with van der Waals surface area (Å²) in [6, 6.07) is 25.9. The molecule has 2 heterocycles. The number of aromatic amines is 1. The number of nitrogens with one attached hydrogen (secondary N) is 1. The minimum Gasteiger partial charge on any atom is -0.399 e. The van der Waals surface area contributed by atoms with Gasteiger partial charge in [0.25, 0.3) is 5.91 Å². The number of oxime groups is 1. The summed E-state index contributed by atoms with van der Waals surface area (Å²) in [6.07, 6.45) is 1.74. The van der Waals surface area contributed by atoms with E-state index in [4.69, 9.17) is 9.82 Å². The third-order valence-electron chi connectivity index (χ3n) is 6.20. The number of primary amides is 1. The molecule has 2 amide bonds. The first kappa shape index (κ1) is 25.6. The molecule has 190 valence electrons. The molecule has 3 N–H and O–H groups in total. The van der Waals surface area contributed by atoms with E-state index in [9.17, 15) is 9.59 Å². The maximum atomic E-state index is 13.4. The average Bonchev–Trinajstić information content (AvgIpc) is 3.52. The van der Waals surface area contributed by atoms with E-state index in [0.717, 1.165) is 33.7 Å². The second-order valence-corrected chi connectivity index (χ2v) is 8.80. The number of aromatic nitrogens is 2. The maximum absolute atomic E-state index is 13.4. The lowest BCUT2D eigenvalue weighted by molar-refractivity contribution is -0.117. The first-order valence-corrected chi connectivity index (χ1v) is 12.3. The molecule has 3 aromatic carbocycles. The van der Waals surface area contributed by atoms with Gasteiger partial charge in [0, 0.05) is 30.9 Å². The molecule has 1 aromatic heterocycles. The molecule has 1 aliphatic heterocycles. The van der Waals surface area contributed by atoms with Gasteiger partial charge in [-0.1, -0.05) is 66.7 Å². The number of carbonyl (C=O) groups is 2. The fourth-order valence-electron chi connectivity index (χ4n) is 4.31. The first-order chi connectivity index (χ1) is 18.0. The van der Waals surface area contributed by atoms with Gasteiger partial charge in [0.15, 0.2) is 0 Å². The number of para-hydroxylation sites is 2. The molecule has 0 aliphatic carbocycles. The van der Waals surface area contributed by atoms with Crippen LogP contribution in [0.25, 0.3) is 22.2 Å². The van der Waals surface area contributed by atoms with Gasteiger partial charge in [-0.15, -0.1) is 0 Å². The minimum atomic E-state index is -0.245. The Balaban J connectivity index is 0.000000586. The van der Waals surface area contributed by atoms with Crippen molar-refractivity contribution in [3.8, 4) is 11.1 Å². The molecule has 8 nitrogen and oxygen atoms in total. The number of H-pyrrole nitrogens is 1. The van der Waals surface area contributed by atoms with Crippen LogP contribution >= 0.6 is 0 Å². The summed E-state index contributed by atoms with van der Waals surface area (Å²) < 4.78 is 0. The molecular weight excluding hydrogens is 466 g/mol. The van der Waals surface area contributed by atoms with Crippen molar-refractivity contribution >= 4 is 28.6 Å². The Morgan fingerprint density at radius 2 is 1.68 bits per heavy atom. The second-order valence-electron chi connectivity index (χ2n) is 8.80. The number of carbonyl (C=O) groups excluding carboxylic acids is 2. The molecule has 0 bridgehead atoms. The number of hydrogen-bond donors (Lipinski definition) is 2. The van der Waals surface area contributed by atoms with Crippen LogP contribution in [0.3, 0.4) is 0 Å². The van der Waals surface area contributed by atoms with Crippen LogP contribution in [0, 0.1) is 0 Å². The largest absolute Gasteiger partial charge is 0.399 e. The number of nitrogens with zero attached hydrogens (tertiary/aromatic N) is 3. The van der Waals surface area contributed by atoms with E-state index in [1.807, 2.05) is 71.6 Å². The molecule has 4 aromatic rings. The molecular formula is C29H31N5O3. The van der Waals surface area contributed by atoms with E-state index in [1.54, 1.807) is 6.92 Å². The second kappa shape index (κ2) is 12.0. The summed E-state index contributed by atoms with van der Waals surface area (Å²) in [4.78, 5) is 38.0. The van der Waals surface area contributed by atoms with Crippen molar-refractivity contribution in [1.82, 2.24) is 14.9 Å². The van der Waals surface area contributed by atoms with Crippen molar-refractivity contribution in [2.75, 3.05) is 13.7 Å². The Hall–Kier alpha value is -4.46. The minimum absolute atomic E-state index is 0.00738. The number of imidazole rings is 1. The van der Waals surface area contributed by atoms with Crippen molar-refractivity contribution in [3.05, 3.63) is 90.3 Å². The number of amides is 2. The molecule has 1 fully saturated rings. The smallest absolute Gasteiger partial charge is 0.254 e. The Morgan fingerprint density at radius 3 is 2.32 bits per heavy atom. The Kier molecular flexibility index (Phi) is 8.30. The van der Waals surface area contributed by atoms with Gasteiger partial charge >= 0.3 is 0 Å². The van der Waals surface area contributed by atoms with Crippen LogP contribution in [-0.4, -0.2) is 52.1 Å². The number of hydrogen-bond acceptors (Lipinski definition) is 5. The van der Waals surface area contributed by atoms with E-state index in [2.05, 4.69) is 28.0 Å². The summed E-state index contributed by atoms with van der Waals surface area (Å²) in [7, 11) is 1.54. The van der Waals surface area contributed by atoms with Gasteiger partial charge in [-0.25, -0.2) is 4.98 Å². The molecule has 0 saturated carbocycles. The molecule has 0 unspecified atom stereocenters. The highest BCUT2D eigenvalue weighted by Gasteiger charge is 2.34. The highest BCUT2D eigenvalue weighted by Crippen LogP contribution is 2.25. The lowest BCUT2D eigenvalue weighted by Gasteiger charge is -2.23. The summed E-state index contributed by atoms with van der Waals surface area (Å²) in [5.74, 6) is 0.615. The number of fused-ring (bicyclic) bond motifs is 1. The normalized spacial score (nSPS) is 15.9. The molecule has 1 aliphatic rings. The van der Waals surface area contributed by atoms with E-state index >= 15 is 0 Å². The number of benzene rings is 3. The summed E-state index contributed by atoms with van der Waals surface area (Å²) in [5, 5.41) is 4.13. The van der Waals surface area contributed by atoms with Gasteiger partial charge in [-0.2, -0.15) is 0 Å². The van der Waals surface area contributed by atoms with Gasteiger partial charge in [-0.05, 0) is 35.4 Å². The van der Waals surface area contributed by atoms with Crippen molar-refractivity contribution in [3.63, 3.8) is 0 Å². The SMILES string of the molecule is CCC(N)=O.CON=C1C[C@@H](Cc2nc3ccccc3[nH]2)N(C(=O)c2ccc(-c3ccccc3)cc2)C1. The van der Waals surface area contributed by atoms with Crippen LogP contribution in [0.1, 0.15) is 35.9 Å². The lowest BCUT2D eigenvalue weighted by atomic mass is 10.0. The van der Waals surface area contributed by atoms with Crippen molar-refractivity contribution in [2.45, 2.75) is 32.2 Å². The van der Waals surface area contributed by atoms with Crippen LogP contribution in [0.4, 0.5) is 0 Å². The standard InChI is InChI=1S/C26H24N4O2.C3H7NO/c1-32-29-21-15-22(16-25-27-23-9-5-6-10-24(23)28-25)30(17-21)26(31)20-13-11-19(12-14-20)18-7-3-2-4-8-18;1-2-3(4)5/h2-14,22H,15-17H2,1H3,(H,27,28);2H2,1H3,(H2,4,5)/t22-;/m0./s1. The van der Waals surface area contributed by atoms with E-state index in [1.165, 1.54) is 7.11 Å². The maximum Gasteiger partial charge on any atom is 0.254 e. The molecule has 0 radical (unpaired) electrons.